The summed E-state index contributed by atoms with van der Waals surface area (Å²) in [4.78, 5) is 45.8. The summed E-state index contributed by atoms with van der Waals surface area (Å²) in [5.74, 6) is -0.679. The Labute approximate surface area is 203 Å². The first-order chi connectivity index (χ1) is 16.6. The number of hydrogen-bond donors (Lipinski definition) is 0. The van der Waals surface area contributed by atoms with Gasteiger partial charge in [0.1, 0.15) is 0 Å². The van der Waals surface area contributed by atoms with E-state index in [9.17, 15) is 14.4 Å². The molecule has 0 N–H and O–H groups in total. The fourth-order valence-electron chi connectivity index (χ4n) is 4.59. The lowest BCUT2D eigenvalue weighted by Crippen LogP contribution is -2.49. The standard InChI is InChI=1S/C27H27N3O3S/c31-25(29-16-14-28(15-17-29)12-11-22-7-4-18-34-22)21-8-9-23-24(19-21)27(33)30(26(23)32)13-10-20-5-2-1-3-6-20/h1-9,18-19H,10-17H2. The monoisotopic (exact) mass is 473 g/mol. The van der Waals surface area contributed by atoms with Crippen LogP contribution in [0.3, 0.4) is 0 Å². The molecule has 0 saturated carbocycles. The van der Waals surface area contributed by atoms with Crippen molar-refractivity contribution in [2.75, 3.05) is 39.3 Å². The zero-order chi connectivity index (χ0) is 23.5. The molecule has 0 spiro atoms. The number of imide groups is 1. The van der Waals surface area contributed by atoms with E-state index in [0.717, 1.165) is 31.6 Å². The van der Waals surface area contributed by atoms with E-state index >= 15 is 0 Å². The molecule has 3 aromatic rings. The first kappa shape index (κ1) is 22.5. The molecule has 0 bridgehead atoms. The van der Waals surface area contributed by atoms with E-state index in [-0.39, 0.29) is 17.7 Å². The van der Waals surface area contributed by atoms with E-state index in [1.54, 1.807) is 29.5 Å². The van der Waals surface area contributed by atoms with Gasteiger partial charge in [-0.3, -0.25) is 24.2 Å². The van der Waals surface area contributed by atoms with Crippen LogP contribution in [0.1, 0.15) is 41.5 Å². The smallest absolute Gasteiger partial charge is 0.261 e. The van der Waals surface area contributed by atoms with Crippen molar-refractivity contribution in [2.45, 2.75) is 12.8 Å². The number of benzene rings is 2. The Bertz CT molecular complexity index is 1190. The molecule has 6 nitrogen and oxygen atoms in total. The predicted molar refractivity (Wildman–Crippen MR) is 132 cm³/mol. The normalized spacial score (nSPS) is 16.2. The lowest BCUT2D eigenvalue weighted by Gasteiger charge is -2.34. The molecule has 0 unspecified atom stereocenters. The Morgan fingerprint density at radius 2 is 1.56 bits per heavy atom. The molecule has 0 atom stereocenters. The van der Waals surface area contributed by atoms with Gasteiger partial charge in [-0.05, 0) is 48.1 Å². The highest BCUT2D eigenvalue weighted by Crippen LogP contribution is 2.25. The lowest BCUT2D eigenvalue weighted by molar-refractivity contribution is 0.0636. The number of rotatable bonds is 7. The van der Waals surface area contributed by atoms with Crippen LogP contribution in [0.2, 0.25) is 0 Å². The maximum Gasteiger partial charge on any atom is 0.261 e. The fraction of sp³-hybridized carbons (Fsp3) is 0.296. The minimum absolute atomic E-state index is 0.0799. The molecule has 3 amide bonds. The summed E-state index contributed by atoms with van der Waals surface area (Å²) in [5.41, 5.74) is 2.26. The van der Waals surface area contributed by atoms with Gasteiger partial charge in [0, 0.05) is 49.7 Å². The maximum absolute atomic E-state index is 13.1. The molecule has 7 heteroatoms. The van der Waals surface area contributed by atoms with Crippen molar-refractivity contribution >= 4 is 29.1 Å². The number of thiophene rings is 1. The molecule has 34 heavy (non-hydrogen) atoms. The molecule has 1 fully saturated rings. The lowest BCUT2D eigenvalue weighted by atomic mass is 10.0. The van der Waals surface area contributed by atoms with Gasteiger partial charge < -0.3 is 4.90 Å². The molecule has 1 saturated heterocycles. The van der Waals surface area contributed by atoms with Crippen molar-refractivity contribution in [3.05, 3.63) is 93.2 Å². The highest BCUT2D eigenvalue weighted by atomic mass is 32.1. The second-order valence-electron chi connectivity index (χ2n) is 8.72. The summed E-state index contributed by atoms with van der Waals surface area (Å²) >= 11 is 1.78. The van der Waals surface area contributed by atoms with Crippen molar-refractivity contribution in [1.82, 2.24) is 14.7 Å². The van der Waals surface area contributed by atoms with Gasteiger partial charge in [-0.15, -0.1) is 11.3 Å². The number of piperazine rings is 1. The van der Waals surface area contributed by atoms with E-state index in [4.69, 9.17) is 0 Å². The van der Waals surface area contributed by atoms with Crippen LogP contribution in [0, 0.1) is 0 Å². The molecule has 2 aliphatic rings. The van der Waals surface area contributed by atoms with E-state index in [1.807, 2.05) is 35.2 Å². The summed E-state index contributed by atoms with van der Waals surface area (Å²) in [6.45, 7) is 4.33. The third-order valence-corrected chi connectivity index (χ3v) is 7.53. The van der Waals surface area contributed by atoms with Crippen LogP contribution in [0.25, 0.3) is 0 Å². The molecule has 2 aliphatic heterocycles. The van der Waals surface area contributed by atoms with Gasteiger partial charge >= 0.3 is 0 Å². The molecule has 1 aromatic heterocycles. The van der Waals surface area contributed by atoms with E-state index in [0.29, 0.717) is 42.7 Å². The van der Waals surface area contributed by atoms with Crippen molar-refractivity contribution in [3.63, 3.8) is 0 Å². The van der Waals surface area contributed by atoms with Gasteiger partial charge in [0.25, 0.3) is 17.7 Å². The zero-order valence-electron chi connectivity index (χ0n) is 19.0. The maximum atomic E-state index is 13.1. The third kappa shape index (κ3) is 4.67. The summed E-state index contributed by atoms with van der Waals surface area (Å²) in [7, 11) is 0. The fourth-order valence-corrected chi connectivity index (χ4v) is 5.29. The summed E-state index contributed by atoms with van der Waals surface area (Å²) in [6, 6.07) is 18.9. The summed E-state index contributed by atoms with van der Waals surface area (Å²) in [6.07, 6.45) is 1.64. The molecule has 0 radical (unpaired) electrons. The number of hydrogen-bond acceptors (Lipinski definition) is 5. The minimum Gasteiger partial charge on any atom is -0.336 e. The number of carbonyl (C=O) groups is 3. The van der Waals surface area contributed by atoms with Gasteiger partial charge in [0.2, 0.25) is 0 Å². The second-order valence-corrected chi connectivity index (χ2v) is 9.75. The average molecular weight is 474 g/mol. The largest absolute Gasteiger partial charge is 0.336 e. The predicted octanol–water partition coefficient (Wildman–Crippen LogP) is 3.59. The molecule has 0 aliphatic carbocycles. The Balaban J connectivity index is 1.19. The van der Waals surface area contributed by atoms with Crippen LogP contribution < -0.4 is 0 Å². The van der Waals surface area contributed by atoms with Crippen molar-refractivity contribution < 1.29 is 14.4 Å². The third-order valence-electron chi connectivity index (χ3n) is 6.60. The van der Waals surface area contributed by atoms with Crippen molar-refractivity contribution in [2.24, 2.45) is 0 Å². The highest BCUT2D eigenvalue weighted by Gasteiger charge is 2.36. The number of nitrogens with zero attached hydrogens (tertiary/aromatic N) is 3. The second kappa shape index (κ2) is 9.91. The molecular formula is C27H27N3O3S. The quantitative estimate of drug-likeness (QED) is 0.492. The number of amides is 3. The minimum atomic E-state index is -0.316. The van der Waals surface area contributed by atoms with Gasteiger partial charge in [0.05, 0.1) is 11.1 Å². The van der Waals surface area contributed by atoms with Crippen molar-refractivity contribution in [3.8, 4) is 0 Å². The van der Waals surface area contributed by atoms with E-state index < -0.39 is 0 Å². The van der Waals surface area contributed by atoms with Gasteiger partial charge in [0.15, 0.2) is 0 Å². The Hall–Kier alpha value is -3.29. The summed E-state index contributed by atoms with van der Waals surface area (Å²) in [5, 5.41) is 2.10. The first-order valence-electron chi connectivity index (χ1n) is 11.7. The highest BCUT2D eigenvalue weighted by molar-refractivity contribution is 7.09. The van der Waals surface area contributed by atoms with Gasteiger partial charge in [-0.25, -0.2) is 0 Å². The van der Waals surface area contributed by atoms with E-state index in [2.05, 4.69) is 22.4 Å². The number of fused-ring (bicyclic) bond motifs is 1. The van der Waals surface area contributed by atoms with Crippen LogP contribution in [-0.2, 0) is 12.8 Å². The van der Waals surface area contributed by atoms with Gasteiger partial charge in [-0.1, -0.05) is 36.4 Å². The van der Waals surface area contributed by atoms with Crippen LogP contribution in [0.15, 0.2) is 66.0 Å². The molecular weight excluding hydrogens is 446 g/mol. The first-order valence-corrected chi connectivity index (χ1v) is 12.6. The number of carbonyl (C=O) groups excluding carboxylic acids is 3. The van der Waals surface area contributed by atoms with Crippen LogP contribution in [0.5, 0.6) is 0 Å². The summed E-state index contributed by atoms with van der Waals surface area (Å²) < 4.78 is 0. The van der Waals surface area contributed by atoms with Crippen molar-refractivity contribution in [1.29, 1.82) is 0 Å². The van der Waals surface area contributed by atoms with Crippen LogP contribution >= 0.6 is 11.3 Å². The van der Waals surface area contributed by atoms with Crippen LogP contribution in [0.4, 0.5) is 0 Å². The average Bonchev–Trinajstić information content (AvgIpc) is 3.48. The van der Waals surface area contributed by atoms with E-state index in [1.165, 1.54) is 9.78 Å². The van der Waals surface area contributed by atoms with Gasteiger partial charge in [-0.2, -0.15) is 0 Å². The SMILES string of the molecule is O=C(c1ccc2c(c1)C(=O)N(CCc1ccccc1)C2=O)N1CCN(CCc2cccs2)CC1. The molecule has 2 aromatic carbocycles. The zero-order valence-corrected chi connectivity index (χ0v) is 19.8. The van der Waals surface area contributed by atoms with Crippen LogP contribution in [-0.4, -0.2) is 71.7 Å². The topological polar surface area (TPSA) is 60.9 Å². The Morgan fingerprint density at radius 3 is 2.29 bits per heavy atom. The Kier molecular flexibility index (Phi) is 6.56. The molecule has 174 valence electrons. The Morgan fingerprint density at radius 1 is 0.794 bits per heavy atom. The molecule has 3 heterocycles. The molecule has 5 rings (SSSR count).